The van der Waals surface area contributed by atoms with E-state index >= 15 is 0 Å². The molecule has 1 unspecified atom stereocenters. The van der Waals surface area contributed by atoms with E-state index in [1.807, 2.05) is 12.1 Å². The van der Waals surface area contributed by atoms with Crippen molar-refractivity contribution in [2.24, 2.45) is 0 Å². The van der Waals surface area contributed by atoms with Crippen molar-refractivity contribution in [2.75, 3.05) is 0 Å². The van der Waals surface area contributed by atoms with Gasteiger partial charge in [0.25, 0.3) is 0 Å². The highest BCUT2D eigenvalue weighted by Gasteiger charge is 2.09. The average molecular weight is 252 g/mol. The lowest BCUT2D eigenvalue weighted by Gasteiger charge is -2.13. The van der Waals surface area contributed by atoms with Crippen LogP contribution in [0, 0.1) is 13.8 Å². The maximum absolute atomic E-state index is 10.1. The number of hydrogen-bond acceptors (Lipinski definition) is 1. The van der Waals surface area contributed by atoms with Crippen molar-refractivity contribution in [1.82, 2.24) is 0 Å². The smallest absolute Gasteiger partial charge is 0.0824 e. The van der Waals surface area contributed by atoms with Crippen LogP contribution in [0.5, 0.6) is 0 Å². The van der Waals surface area contributed by atoms with Gasteiger partial charge in [-0.05, 0) is 54.2 Å². The standard InChI is InChI=1S/C18H20O/c1-4-7-17(19)15-10-6-11-16(12-15)18-13(2)8-5-9-14(18)3/h4-6,8-12,17,19H,1,7H2,2-3H3. The molecule has 19 heavy (non-hydrogen) atoms. The van der Waals surface area contributed by atoms with Crippen LogP contribution in [0.3, 0.4) is 0 Å². The van der Waals surface area contributed by atoms with Gasteiger partial charge >= 0.3 is 0 Å². The minimum Gasteiger partial charge on any atom is -0.388 e. The Labute approximate surface area is 115 Å². The normalized spacial score (nSPS) is 12.2. The Bertz CT molecular complexity index is 564. The summed E-state index contributed by atoms with van der Waals surface area (Å²) in [7, 11) is 0. The average Bonchev–Trinajstić information content (AvgIpc) is 2.39. The fourth-order valence-electron chi connectivity index (χ4n) is 2.47. The number of aliphatic hydroxyl groups is 1. The highest BCUT2D eigenvalue weighted by Crippen LogP contribution is 2.29. The van der Waals surface area contributed by atoms with Crippen molar-refractivity contribution in [3.05, 3.63) is 71.8 Å². The first-order valence-corrected chi connectivity index (χ1v) is 6.59. The van der Waals surface area contributed by atoms with E-state index in [9.17, 15) is 5.11 Å². The summed E-state index contributed by atoms with van der Waals surface area (Å²) in [4.78, 5) is 0. The van der Waals surface area contributed by atoms with Gasteiger partial charge in [0.2, 0.25) is 0 Å². The van der Waals surface area contributed by atoms with E-state index in [1.165, 1.54) is 16.7 Å². The summed E-state index contributed by atoms with van der Waals surface area (Å²) in [5.41, 5.74) is 5.89. The minimum absolute atomic E-state index is 0.471. The first-order valence-electron chi connectivity index (χ1n) is 6.59. The summed E-state index contributed by atoms with van der Waals surface area (Å²) in [5, 5.41) is 10.1. The minimum atomic E-state index is -0.471. The molecule has 0 amide bonds. The van der Waals surface area contributed by atoms with E-state index in [0.29, 0.717) is 6.42 Å². The zero-order chi connectivity index (χ0) is 13.8. The summed E-state index contributed by atoms with van der Waals surface area (Å²) >= 11 is 0. The van der Waals surface area contributed by atoms with Crippen molar-refractivity contribution in [2.45, 2.75) is 26.4 Å². The quantitative estimate of drug-likeness (QED) is 0.790. The van der Waals surface area contributed by atoms with Crippen molar-refractivity contribution < 1.29 is 5.11 Å². The second-order valence-electron chi connectivity index (χ2n) is 4.93. The third-order valence-corrected chi connectivity index (χ3v) is 3.43. The molecule has 0 bridgehead atoms. The third kappa shape index (κ3) is 2.94. The maximum atomic E-state index is 10.1. The maximum Gasteiger partial charge on any atom is 0.0824 e. The summed E-state index contributed by atoms with van der Waals surface area (Å²) in [6.45, 7) is 7.92. The van der Waals surface area contributed by atoms with Gasteiger partial charge in [-0.3, -0.25) is 0 Å². The first-order chi connectivity index (χ1) is 9.13. The van der Waals surface area contributed by atoms with Crippen LogP contribution in [0.4, 0.5) is 0 Å². The Morgan fingerprint density at radius 3 is 2.37 bits per heavy atom. The lowest BCUT2D eigenvalue weighted by Crippen LogP contribution is -1.96. The number of rotatable bonds is 4. The summed E-state index contributed by atoms with van der Waals surface area (Å²) in [6, 6.07) is 14.5. The molecule has 0 aliphatic heterocycles. The number of aliphatic hydroxyl groups excluding tert-OH is 1. The Hall–Kier alpha value is -1.86. The van der Waals surface area contributed by atoms with Crippen LogP contribution in [-0.4, -0.2) is 5.11 Å². The summed E-state index contributed by atoms with van der Waals surface area (Å²) in [6.07, 6.45) is 1.86. The van der Waals surface area contributed by atoms with Crippen LogP contribution < -0.4 is 0 Å². The van der Waals surface area contributed by atoms with Crippen LogP contribution in [0.25, 0.3) is 11.1 Å². The molecule has 1 N–H and O–H groups in total. The molecule has 0 spiro atoms. The van der Waals surface area contributed by atoms with Gasteiger partial charge in [-0.2, -0.15) is 0 Å². The Morgan fingerprint density at radius 2 is 1.74 bits per heavy atom. The van der Waals surface area contributed by atoms with Crippen LogP contribution >= 0.6 is 0 Å². The van der Waals surface area contributed by atoms with E-state index in [1.54, 1.807) is 6.08 Å². The van der Waals surface area contributed by atoms with E-state index in [4.69, 9.17) is 0 Å². The van der Waals surface area contributed by atoms with Gasteiger partial charge < -0.3 is 5.11 Å². The number of benzene rings is 2. The van der Waals surface area contributed by atoms with Gasteiger partial charge in [-0.1, -0.05) is 42.5 Å². The van der Waals surface area contributed by atoms with Gasteiger partial charge in [0, 0.05) is 0 Å². The molecule has 0 aliphatic carbocycles. The van der Waals surface area contributed by atoms with E-state index in [0.717, 1.165) is 11.1 Å². The third-order valence-electron chi connectivity index (χ3n) is 3.43. The lowest BCUT2D eigenvalue weighted by atomic mass is 9.93. The van der Waals surface area contributed by atoms with Crippen molar-refractivity contribution in [3.8, 4) is 11.1 Å². The van der Waals surface area contributed by atoms with Crippen LogP contribution in [0.1, 0.15) is 29.2 Å². The molecule has 0 heterocycles. The predicted molar refractivity (Wildman–Crippen MR) is 81.1 cm³/mol. The molecule has 0 radical (unpaired) electrons. The van der Waals surface area contributed by atoms with E-state index < -0.39 is 6.10 Å². The van der Waals surface area contributed by atoms with E-state index in [2.05, 4.69) is 50.8 Å². The molecule has 2 aromatic carbocycles. The summed E-state index contributed by atoms with van der Waals surface area (Å²) in [5.74, 6) is 0. The van der Waals surface area contributed by atoms with Crippen molar-refractivity contribution in [3.63, 3.8) is 0 Å². The molecule has 98 valence electrons. The fraction of sp³-hybridized carbons (Fsp3) is 0.222. The predicted octanol–water partition coefficient (Wildman–Crippen LogP) is 4.58. The Kier molecular flexibility index (Phi) is 4.18. The van der Waals surface area contributed by atoms with Crippen LogP contribution in [-0.2, 0) is 0 Å². The van der Waals surface area contributed by atoms with Crippen LogP contribution in [0.2, 0.25) is 0 Å². The number of aryl methyl sites for hydroxylation is 2. The molecular formula is C18H20O. The lowest BCUT2D eigenvalue weighted by molar-refractivity contribution is 0.181. The SMILES string of the molecule is C=CCC(O)c1cccc(-c2c(C)cccc2C)c1. The van der Waals surface area contributed by atoms with Gasteiger partial charge in [-0.15, -0.1) is 6.58 Å². The molecule has 0 saturated carbocycles. The number of hydrogen-bond donors (Lipinski definition) is 1. The molecular weight excluding hydrogens is 232 g/mol. The molecule has 2 rings (SSSR count). The molecule has 0 aliphatic rings. The van der Waals surface area contributed by atoms with Crippen molar-refractivity contribution in [1.29, 1.82) is 0 Å². The molecule has 1 nitrogen and oxygen atoms in total. The van der Waals surface area contributed by atoms with Crippen molar-refractivity contribution >= 4 is 0 Å². The van der Waals surface area contributed by atoms with Gasteiger partial charge in [0.05, 0.1) is 6.10 Å². The molecule has 2 aromatic rings. The molecule has 0 fully saturated rings. The van der Waals surface area contributed by atoms with Gasteiger partial charge in [0.15, 0.2) is 0 Å². The molecule has 1 heteroatoms. The molecule has 1 atom stereocenters. The monoisotopic (exact) mass is 252 g/mol. The highest BCUT2D eigenvalue weighted by atomic mass is 16.3. The Balaban J connectivity index is 2.46. The molecule has 0 aromatic heterocycles. The highest BCUT2D eigenvalue weighted by molar-refractivity contribution is 5.71. The van der Waals surface area contributed by atoms with Gasteiger partial charge in [-0.25, -0.2) is 0 Å². The van der Waals surface area contributed by atoms with Crippen LogP contribution in [0.15, 0.2) is 55.1 Å². The largest absolute Gasteiger partial charge is 0.388 e. The topological polar surface area (TPSA) is 20.2 Å². The first kappa shape index (κ1) is 13.6. The second kappa shape index (κ2) is 5.85. The zero-order valence-corrected chi connectivity index (χ0v) is 11.6. The van der Waals surface area contributed by atoms with E-state index in [-0.39, 0.29) is 0 Å². The fourth-order valence-corrected chi connectivity index (χ4v) is 2.47. The summed E-state index contributed by atoms with van der Waals surface area (Å²) < 4.78 is 0. The Morgan fingerprint density at radius 1 is 1.11 bits per heavy atom. The molecule has 0 saturated heterocycles. The second-order valence-corrected chi connectivity index (χ2v) is 4.93. The zero-order valence-electron chi connectivity index (χ0n) is 11.6. The van der Waals surface area contributed by atoms with Gasteiger partial charge in [0.1, 0.15) is 0 Å².